The van der Waals surface area contributed by atoms with E-state index in [2.05, 4.69) is 0 Å². The van der Waals surface area contributed by atoms with E-state index < -0.39 is 0 Å². The Morgan fingerprint density at radius 1 is 1.58 bits per heavy atom. The van der Waals surface area contributed by atoms with Crippen LogP contribution in [0, 0.1) is 12.7 Å². The normalized spacial score (nSPS) is 10.3. The molecule has 66 valence electrons. The topological polar surface area (TPSA) is 32.3 Å². The summed E-state index contributed by atoms with van der Waals surface area (Å²) in [5.74, 6) is -0.371. The number of nitrogens with one attached hydrogen (secondary N) is 1. The number of hydrogen-bond donors (Lipinski definition) is 2. The van der Waals surface area contributed by atoms with Gasteiger partial charge in [0.15, 0.2) is 0 Å². The fourth-order valence-electron chi connectivity index (χ4n) is 0.956. The minimum atomic E-state index is -0.371. The fourth-order valence-corrected chi connectivity index (χ4v) is 1.17. The second-order valence-corrected chi connectivity index (χ2v) is 2.90. The summed E-state index contributed by atoms with van der Waals surface area (Å²) < 4.78 is 13.2. The van der Waals surface area contributed by atoms with Gasteiger partial charge in [-0.1, -0.05) is 17.7 Å². The van der Waals surface area contributed by atoms with Crippen molar-refractivity contribution in [2.24, 2.45) is 0 Å². The molecule has 0 saturated heterocycles. The van der Waals surface area contributed by atoms with Crippen LogP contribution in [0.3, 0.4) is 0 Å². The van der Waals surface area contributed by atoms with Gasteiger partial charge >= 0.3 is 0 Å². The molecule has 0 saturated carbocycles. The van der Waals surface area contributed by atoms with Crippen molar-refractivity contribution in [3.8, 4) is 0 Å². The highest BCUT2D eigenvalue weighted by molar-refractivity contribution is 6.31. The average molecular weight is 190 g/mol. The lowest BCUT2D eigenvalue weighted by Crippen LogP contribution is -2.09. The lowest BCUT2D eigenvalue weighted by molar-refractivity contribution is 0.160. The van der Waals surface area contributed by atoms with E-state index >= 15 is 0 Å². The fraction of sp³-hybridized carbons (Fsp3) is 0.250. The van der Waals surface area contributed by atoms with Crippen molar-refractivity contribution in [1.82, 2.24) is 5.48 Å². The Bertz CT molecular complexity index is 291. The first-order chi connectivity index (χ1) is 5.66. The number of benzene rings is 1. The van der Waals surface area contributed by atoms with Crippen LogP contribution in [0.1, 0.15) is 11.1 Å². The number of hydrogen-bond acceptors (Lipinski definition) is 2. The number of aryl methyl sites for hydroxylation is 1. The van der Waals surface area contributed by atoms with Crippen molar-refractivity contribution in [3.63, 3.8) is 0 Å². The molecule has 1 aromatic rings. The molecule has 2 N–H and O–H groups in total. The van der Waals surface area contributed by atoms with Gasteiger partial charge in [0.25, 0.3) is 0 Å². The minimum absolute atomic E-state index is 0.0202. The molecule has 1 aromatic carbocycles. The van der Waals surface area contributed by atoms with Crippen LogP contribution in [-0.4, -0.2) is 5.21 Å². The van der Waals surface area contributed by atoms with Crippen LogP contribution in [0.5, 0.6) is 0 Å². The Balaban J connectivity index is 3.14. The van der Waals surface area contributed by atoms with Crippen molar-refractivity contribution >= 4 is 11.6 Å². The number of rotatable bonds is 2. The Morgan fingerprint density at radius 2 is 2.25 bits per heavy atom. The molecule has 0 bridgehead atoms. The SMILES string of the molecule is Cc1ccc(Cl)c(CNO)c1F. The lowest BCUT2D eigenvalue weighted by atomic mass is 10.1. The Labute approximate surface area is 74.9 Å². The van der Waals surface area contributed by atoms with Crippen LogP contribution < -0.4 is 5.48 Å². The van der Waals surface area contributed by atoms with Crippen molar-refractivity contribution in [3.05, 3.63) is 34.1 Å². The molecule has 0 aliphatic heterocycles. The van der Waals surface area contributed by atoms with Gasteiger partial charge in [-0.15, -0.1) is 0 Å². The van der Waals surface area contributed by atoms with E-state index in [1.54, 1.807) is 19.1 Å². The zero-order valence-corrected chi connectivity index (χ0v) is 7.32. The molecule has 1 rings (SSSR count). The van der Waals surface area contributed by atoms with Crippen LogP contribution in [0.25, 0.3) is 0 Å². The van der Waals surface area contributed by atoms with Gasteiger partial charge in [0.2, 0.25) is 0 Å². The van der Waals surface area contributed by atoms with E-state index in [1.165, 1.54) is 0 Å². The maximum Gasteiger partial charge on any atom is 0.132 e. The maximum absolute atomic E-state index is 13.2. The van der Waals surface area contributed by atoms with Crippen molar-refractivity contribution in [2.45, 2.75) is 13.5 Å². The predicted octanol–water partition coefficient (Wildman–Crippen LogP) is 2.27. The third-order valence-corrected chi connectivity index (χ3v) is 1.99. The summed E-state index contributed by atoms with van der Waals surface area (Å²) in [6, 6.07) is 3.20. The molecular formula is C8H9ClFNO. The summed E-state index contributed by atoms with van der Waals surface area (Å²) >= 11 is 5.69. The van der Waals surface area contributed by atoms with Gasteiger partial charge in [0.05, 0.1) is 6.54 Å². The molecule has 0 spiro atoms. The molecule has 2 nitrogen and oxygen atoms in total. The van der Waals surface area contributed by atoms with E-state index in [4.69, 9.17) is 16.8 Å². The van der Waals surface area contributed by atoms with Gasteiger partial charge in [-0.05, 0) is 18.6 Å². The van der Waals surface area contributed by atoms with Crippen molar-refractivity contribution < 1.29 is 9.60 Å². The van der Waals surface area contributed by atoms with E-state index in [0.717, 1.165) is 0 Å². The molecule has 0 fully saturated rings. The first-order valence-electron chi connectivity index (χ1n) is 3.47. The molecule has 12 heavy (non-hydrogen) atoms. The van der Waals surface area contributed by atoms with E-state index in [9.17, 15) is 4.39 Å². The standard InChI is InChI=1S/C8H9ClFNO/c1-5-2-3-7(9)6(4-11-12)8(5)10/h2-3,11-12H,4H2,1H3. The van der Waals surface area contributed by atoms with Gasteiger partial charge in [0, 0.05) is 10.6 Å². The highest BCUT2D eigenvalue weighted by Crippen LogP contribution is 2.21. The van der Waals surface area contributed by atoms with Gasteiger partial charge in [-0.2, -0.15) is 0 Å². The first kappa shape index (κ1) is 9.45. The first-order valence-corrected chi connectivity index (χ1v) is 3.85. The van der Waals surface area contributed by atoms with E-state index in [1.807, 2.05) is 5.48 Å². The zero-order valence-electron chi connectivity index (χ0n) is 6.56. The Hall–Kier alpha value is -0.640. The third kappa shape index (κ3) is 1.75. The van der Waals surface area contributed by atoms with Gasteiger partial charge in [-0.25, -0.2) is 9.87 Å². The number of halogens is 2. The third-order valence-electron chi connectivity index (χ3n) is 1.63. The molecule has 0 heterocycles. The summed E-state index contributed by atoms with van der Waals surface area (Å²) in [5.41, 5.74) is 2.68. The second kappa shape index (κ2) is 3.85. The minimum Gasteiger partial charge on any atom is -0.316 e. The molecule has 0 unspecified atom stereocenters. The summed E-state index contributed by atoms with van der Waals surface area (Å²) in [4.78, 5) is 0. The van der Waals surface area contributed by atoms with Gasteiger partial charge < -0.3 is 5.21 Å². The monoisotopic (exact) mass is 189 g/mol. The summed E-state index contributed by atoms with van der Waals surface area (Å²) in [6.07, 6.45) is 0. The number of hydroxylamine groups is 1. The zero-order chi connectivity index (χ0) is 9.14. The summed E-state index contributed by atoms with van der Waals surface area (Å²) in [5, 5.41) is 8.70. The largest absolute Gasteiger partial charge is 0.316 e. The molecule has 0 radical (unpaired) electrons. The Kier molecular flexibility index (Phi) is 3.03. The van der Waals surface area contributed by atoms with E-state index in [0.29, 0.717) is 16.1 Å². The van der Waals surface area contributed by atoms with Crippen molar-refractivity contribution in [2.75, 3.05) is 0 Å². The summed E-state index contributed by atoms with van der Waals surface area (Å²) in [7, 11) is 0. The quantitative estimate of drug-likeness (QED) is 0.700. The summed E-state index contributed by atoms with van der Waals surface area (Å²) in [6.45, 7) is 1.67. The predicted molar refractivity (Wildman–Crippen MR) is 44.8 cm³/mol. The molecule has 4 heteroatoms. The van der Waals surface area contributed by atoms with Crippen molar-refractivity contribution in [1.29, 1.82) is 0 Å². The molecular weight excluding hydrogens is 181 g/mol. The highest BCUT2D eigenvalue weighted by atomic mass is 35.5. The molecule has 0 aliphatic carbocycles. The molecule has 0 aromatic heterocycles. The molecule has 0 amide bonds. The smallest absolute Gasteiger partial charge is 0.132 e. The van der Waals surface area contributed by atoms with Crippen LogP contribution in [0.2, 0.25) is 5.02 Å². The highest BCUT2D eigenvalue weighted by Gasteiger charge is 2.08. The maximum atomic E-state index is 13.2. The average Bonchev–Trinajstić information content (AvgIpc) is 2.06. The van der Waals surface area contributed by atoms with Crippen LogP contribution >= 0.6 is 11.6 Å². The second-order valence-electron chi connectivity index (χ2n) is 2.49. The van der Waals surface area contributed by atoms with Crippen LogP contribution in [0.4, 0.5) is 4.39 Å². The van der Waals surface area contributed by atoms with E-state index in [-0.39, 0.29) is 12.4 Å². The lowest BCUT2D eigenvalue weighted by Gasteiger charge is -2.06. The van der Waals surface area contributed by atoms with Crippen LogP contribution in [-0.2, 0) is 6.54 Å². The van der Waals surface area contributed by atoms with Gasteiger partial charge in [0.1, 0.15) is 5.82 Å². The molecule has 0 atom stereocenters. The van der Waals surface area contributed by atoms with Crippen LogP contribution in [0.15, 0.2) is 12.1 Å². The van der Waals surface area contributed by atoms with Gasteiger partial charge in [-0.3, -0.25) is 0 Å². The molecule has 0 aliphatic rings. The Morgan fingerprint density at radius 3 is 2.83 bits per heavy atom.